The van der Waals surface area contributed by atoms with Crippen LogP contribution in [0.2, 0.25) is 0 Å². The number of hydrogen-bond acceptors (Lipinski definition) is 4. The van der Waals surface area contributed by atoms with Gasteiger partial charge in [0.1, 0.15) is 0 Å². The number of thiophene rings is 1. The molecule has 0 bridgehead atoms. The fourth-order valence-corrected chi connectivity index (χ4v) is 2.93. The Hall–Kier alpha value is -2.01. The van der Waals surface area contributed by atoms with Crippen molar-refractivity contribution in [3.8, 4) is 0 Å². The highest BCUT2D eigenvalue weighted by Gasteiger charge is 2.16. The summed E-state index contributed by atoms with van der Waals surface area (Å²) < 4.78 is 0. The third-order valence-electron chi connectivity index (χ3n) is 3.07. The summed E-state index contributed by atoms with van der Waals surface area (Å²) in [6.07, 6.45) is 1.97. The third kappa shape index (κ3) is 3.30. The number of nitrogen functional groups attached to an aromatic ring is 1. The standard InChI is InChI=1S/C15H18N2O2S/c1-2-4-13(14-5-3-8-20-14)17-12-7-6-10(16)9-11(12)15(18)19/h3,5-9,13,17H,2,4,16H2,1H3,(H,18,19). The number of nitrogens with two attached hydrogens (primary N) is 1. The summed E-state index contributed by atoms with van der Waals surface area (Å²) in [7, 11) is 0. The molecule has 0 fully saturated rings. The number of carboxylic acid groups (broad SMARTS) is 1. The van der Waals surface area contributed by atoms with E-state index in [2.05, 4.69) is 18.3 Å². The highest BCUT2D eigenvalue weighted by atomic mass is 32.1. The maximum Gasteiger partial charge on any atom is 0.337 e. The Bertz CT molecular complexity index is 582. The van der Waals surface area contributed by atoms with Crippen molar-refractivity contribution >= 4 is 28.7 Å². The van der Waals surface area contributed by atoms with Crippen LogP contribution in [0.25, 0.3) is 0 Å². The Kier molecular flexibility index (Phi) is 4.63. The van der Waals surface area contributed by atoms with Gasteiger partial charge in [-0.05, 0) is 36.1 Å². The SMILES string of the molecule is CCCC(Nc1ccc(N)cc1C(=O)O)c1cccs1. The molecule has 0 spiro atoms. The third-order valence-corrected chi connectivity index (χ3v) is 4.05. The second-order valence-electron chi connectivity index (χ2n) is 4.61. The van der Waals surface area contributed by atoms with Crippen molar-refractivity contribution < 1.29 is 9.90 Å². The van der Waals surface area contributed by atoms with Crippen molar-refractivity contribution in [1.82, 2.24) is 0 Å². The van der Waals surface area contributed by atoms with E-state index in [9.17, 15) is 9.90 Å². The van der Waals surface area contributed by atoms with Crippen LogP contribution in [0, 0.1) is 0 Å². The molecule has 0 radical (unpaired) electrons. The van der Waals surface area contributed by atoms with Gasteiger partial charge >= 0.3 is 5.97 Å². The monoisotopic (exact) mass is 290 g/mol. The van der Waals surface area contributed by atoms with Crippen LogP contribution in [0.3, 0.4) is 0 Å². The smallest absolute Gasteiger partial charge is 0.337 e. The lowest BCUT2D eigenvalue weighted by Crippen LogP contribution is -2.12. The van der Waals surface area contributed by atoms with Gasteiger partial charge in [-0.2, -0.15) is 0 Å². The Balaban J connectivity index is 2.29. The van der Waals surface area contributed by atoms with Gasteiger partial charge in [0.25, 0.3) is 0 Å². The molecule has 1 atom stereocenters. The molecule has 0 saturated heterocycles. The van der Waals surface area contributed by atoms with Crippen molar-refractivity contribution in [2.75, 3.05) is 11.1 Å². The predicted octanol–water partition coefficient (Wildman–Crippen LogP) is 3.98. The summed E-state index contributed by atoms with van der Waals surface area (Å²) >= 11 is 1.67. The van der Waals surface area contributed by atoms with Gasteiger partial charge in [-0.1, -0.05) is 19.4 Å². The van der Waals surface area contributed by atoms with Crippen molar-refractivity contribution in [2.45, 2.75) is 25.8 Å². The van der Waals surface area contributed by atoms with E-state index in [0.29, 0.717) is 11.4 Å². The minimum Gasteiger partial charge on any atom is -0.478 e. The highest BCUT2D eigenvalue weighted by Crippen LogP contribution is 2.29. The van der Waals surface area contributed by atoms with E-state index < -0.39 is 5.97 Å². The van der Waals surface area contributed by atoms with Crippen molar-refractivity contribution in [2.24, 2.45) is 0 Å². The molecule has 106 valence electrons. The first-order valence-corrected chi connectivity index (χ1v) is 7.42. The van der Waals surface area contributed by atoms with Gasteiger partial charge in [-0.25, -0.2) is 4.79 Å². The second kappa shape index (κ2) is 6.43. The van der Waals surface area contributed by atoms with Crippen LogP contribution < -0.4 is 11.1 Å². The maximum absolute atomic E-state index is 11.3. The molecule has 0 amide bonds. The molecule has 1 aromatic heterocycles. The van der Waals surface area contributed by atoms with Gasteiger partial charge in [-0.3, -0.25) is 0 Å². The molecule has 2 rings (SSSR count). The van der Waals surface area contributed by atoms with Crippen molar-refractivity contribution in [3.63, 3.8) is 0 Å². The topological polar surface area (TPSA) is 75.3 Å². The Morgan fingerprint density at radius 3 is 2.85 bits per heavy atom. The van der Waals surface area contributed by atoms with E-state index in [0.717, 1.165) is 12.8 Å². The average molecular weight is 290 g/mol. The summed E-state index contributed by atoms with van der Waals surface area (Å²) in [5.41, 5.74) is 6.94. The molecule has 1 heterocycles. The lowest BCUT2D eigenvalue weighted by Gasteiger charge is -2.19. The first-order chi connectivity index (χ1) is 9.61. The van der Waals surface area contributed by atoms with Crippen LogP contribution in [0.1, 0.15) is 41.0 Å². The molecule has 1 aromatic carbocycles. The summed E-state index contributed by atoms with van der Waals surface area (Å²) in [5, 5.41) is 14.6. The quantitative estimate of drug-likeness (QED) is 0.703. The van der Waals surface area contributed by atoms with E-state index >= 15 is 0 Å². The number of hydrogen-bond donors (Lipinski definition) is 3. The van der Waals surface area contributed by atoms with Crippen LogP contribution in [-0.4, -0.2) is 11.1 Å². The minimum absolute atomic E-state index is 0.127. The number of aromatic carboxylic acids is 1. The van der Waals surface area contributed by atoms with E-state index in [-0.39, 0.29) is 11.6 Å². The second-order valence-corrected chi connectivity index (χ2v) is 5.59. The van der Waals surface area contributed by atoms with Crippen molar-refractivity contribution in [3.05, 3.63) is 46.2 Å². The van der Waals surface area contributed by atoms with Gasteiger partial charge in [0.05, 0.1) is 11.6 Å². The molecule has 0 saturated carbocycles. The number of nitrogens with one attached hydrogen (secondary N) is 1. The predicted molar refractivity (Wildman–Crippen MR) is 83.4 cm³/mol. The Morgan fingerprint density at radius 2 is 2.25 bits per heavy atom. The van der Waals surface area contributed by atoms with E-state index in [1.165, 1.54) is 10.9 Å². The summed E-state index contributed by atoms with van der Waals surface area (Å²) in [5.74, 6) is -0.971. The molecular weight excluding hydrogens is 272 g/mol. The number of anilines is 2. The molecule has 0 aliphatic carbocycles. The zero-order chi connectivity index (χ0) is 14.5. The Labute approximate surface area is 122 Å². The summed E-state index contributed by atoms with van der Waals surface area (Å²) in [6, 6.07) is 9.13. The zero-order valence-corrected chi connectivity index (χ0v) is 12.1. The molecule has 20 heavy (non-hydrogen) atoms. The largest absolute Gasteiger partial charge is 0.478 e. The molecule has 4 nitrogen and oxygen atoms in total. The van der Waals surface area contributed by atoms with E-state index in [4.69, 9.17) is 5.73 Å². The zero-order valence-electron chi connectivity index (χ0n) is 11.3. The summed E-state index contributed by atoms with van der Waals surface area (Å²) in [4.78, 5) is 12.5. The van der Waals surface area contributed by atoms with Crippen LogP contribution in [0.15, 0.2) is 35.7 Å². The molecule has 0 aliphatic heterocycles. The maximum atomic E-state index is 11.3. The lowest BCUT2D eigenvalue weighted by atomic mass is 10.1. The molecule has 0 aliphatic rings. The number of carboxylic acids is 1. The first kappa shape index (κ1) is 14.4. The van der Waals surface area contributed by atoms with Crippen LogP contribution in [-0.2, 0) is 0 Å². The van der Waals surface area contributed by atoms with E-state index in [1.807, 2.05) is 11.4 Å². The fourth-order valence-electron chi connectivity index (χ4n) is 2.12. The van der Waals surface area contributed by atoms with Gasteiger partial charge in [-0.15, -0.1) is 11.3 Å². The number of rotatable bonds is 6. The minimum atomic E-state index is -0.971. The fraction of sp³-hybridized carbons (Fsp3) is 0.267. The van der Waals surface area contributed by atoms with E-state index in [1.54, 1.807) is 23.5 Å². The van der Waals surface area contributed by atoms with Gasteiger partial charge in [0.15, 0.2) is 0 Å². The number of benzene rings is 1. The average Bonchev–Trinajstić information content (AvgIpc) is 2.93. The normalized spacial score (nSPS) is 12.1. The molecule has 1 unspecified atom stereocenters. The van der Waals surface area contributed by atoms with Gasteiger partial charge < -0.3 is 16.2 Å². The van der Waals surface area contributed by atoms with Crippen molar-refractivity contribution in [1.29, 1.82) is 0 Å². The summed E-state index contributed by atoms with van der Waals surface area (Å²) in [6.45, 7) is 2.11. The van der Waals surface area contributed by atoms with Crippen LogP contribution >= 0.6 is 11.3 Å². The Morgan fingerprint density at radius 1 is 1.45 bits per heavy atom. The molecule has 2 aromatic rings. The highest BCUT2D eigenvalue weighted by molar-refractivity contribution is 7.10. The molecule has 4 N–H and O–H groups in total. The molecule has 5 heteroatoms. The number of carbonyl (C=O) groups is 1. The lowest BCUT2D eigenvalue weighted by molar-refractivity contribution is 0.0698. The molecular formula is C15H18N2O2S. The first-order valence-electron chi connectivity index (χ1n) is 6.54. The van der Waals surface area contributed by atoms with Crippen LogP contribution in [0.5, 0.6) is 0 Å². The van der Waals surface area contributed by atoms with Gasteiger partial charge in [0.2, 0.25) is 0 Å². The van der Waals surface area contributed by atoms with Crippen LogP contribution in [0.4, 0.5) is 11.4 Å². The van der Waals surface area contributed by atoms with Gasteiger partial charge in [0, 0.05) is 16.3 Å².